The molecular formula is C21H20N2O4. The lowest BCUT2D eigenvalue weighted by molar-refractivity contribution is -0.153. The van der Waals surface area contributed by atoms with Gasteiger partial charge in [-0.2, -0.15) is 0 Å². The van der Waals surface area contributed by atoms with Crippen LogP contribution in [0.1, 0.15) is 25.1 Å². The number of esters is 1. The van der Waals surface area contributed by atoms with E-state index < -0.39 is 12.1 Å². The summed E-state index contributed by atoms with van der Waals surface area (Å²) in [4.78, 5) is 26.9. The van der Waals surface area contributed by atoms with Gasteiger partial charge < -0.3 is 14.2 Å². The Hall–Kier alpha value is -3.15. The predicted octanol–water partition coefficient (Wildman–Crippen LogP) is 3.28. The smallest absolute Gasteiger partial charge is 0.312 e. The zero-order valence-electron chi connectivity index (χ0n) is 15.2. The van der Waals surface area contributed by atoms with Crippen LogP contribution in [-0.2, 0) is 27.2 Å². The van der Waals surface area contributed by atoms with Crippen LogP contribution in [0, 0.1) is 0 Å². The second kappa shape index (κ2) is 6.87. The number of hydrogen-bond acceptors (Lipinski definition) is 5. The fourth-order valence-electron chi connectivity index (χ4n) is 3.59. The van der Waals surface area contributed by atoms with Gasteiger partial charge in [0, 0.05) is 17.1 Å². The summed E-state index contributed by atoms with van der Waals surface area (Å²) in [6, 6.07) is 15.2. The second-order valence-electron chi connectivity index (χ2n) is 6.82. The first-order valence-corrected chi connectivity index (χ1v) is 8.98. The fraction of sp³-hybridized carbons (Fsp3) is 0.286. The molecule has 0 saturated heterocycles. The molecule has 1 aromatic heterocycles. The highest BCUT2D eigenvalue weighted by Crippen LogP contribution is 2.32. The second-order valence-corrected chi connectivity index (χ2v) is 6.82. The Balaban J connectivity index is 1.45. The lowest BCUT2D eigenvalue weighted by Crippen LogP contribution is -2.43. The number of carbonyl (C=O) groups excluding carboxylic acids is 2. The van der Waals surface area contributed by atoms with Crippen molar-refractivity contribution in [1.82, 2.24) is 5.16 Å². The van der Waals surface area contributed by atoms with Crippen LogP contribution >= 0.6 is 0 Å². The van der Waals surface area contributed by atoms with E-state index in [0.717, 1.165) is 23.1 Å². The first-order chi connectivity index (χ1) is 13.0. The van der Waals surface area contributed by atoms with Crippen molar-refractivity contribution in [3.63, 3.8) is 0 Å². The van der Waals surface area contributed by atoms with Crippen LogP contribution in [-0.4, -0.2) is 29.2 Å². The van der Waals surface area contributed by atoms with Crippen LogP contribution in [0.5, 0.6) is 0 Å². The van der Waals surface area contributed by atoms with E-state index in [1.54, 1.807) is 17.9 Å². The van der Waals surface area contributed by atoms with Gasteiger partial charge in [0.05, 0.1) is 6.42 Å². The van der Waals surface area contributed by atoms with Crippen molar-refractivity contribution in [3.8, 4) is 0 Å². The van der Waals surface area contributed by atoms with E-state index in [1.165, 1.54) is 0 Å². The first kappa shape index (κ1) is 17.3. The summed E-state index contributed by atoms with van der Waals surface area (Å²) in [5.41, 5.74) is 3.15. The van der Waals surface area contributed by atoms with Gasteiger partial charge in [0.1, 0.15) is 5.69 Å². The maximum atomic E-state index is 12.9. The van der Waals surface area contributed by atoms with E-state index in [0.29, 0.717) is 11.3 Å². The lowest BCUT2D eigenvalue weighted by atomic mass is 10.1. The number of hydrogen-bond donors (Lipinski definition) is 0. The Morgan fingerprint density at radius 3 is 2.81 bits per heavy atom. The summed E-state index contributed by atoms with van der Waals surface area (Å²) in [5, 5.41) is 4.71. The molecule has 0 saturated carbocycles. The van der Waals surface area contributed by atoms with Crippen molar-refractivity contribution in [2.75, 3.05) is 4.90 Å². The minimum absolute atomic E-state index is 0.0375. The topological polar surface area (TPSA) is 72.6 Å². The Morgan fingerprint density at radius 1 is 1.22 bits per heavy atom. The standard InChI is InChI=1S/C21H20N2O4/c1-13-11-15-7-3-5-9-18(15)23(13)21(25)14(2)26-20(24)12-17-16-8-4-6-10-19(16)27-22-17/h3-10,13-14H,11-12H2,1-2H3/t13-,14-/m0/s1. The molecule has 0 spiro atoms. The zero-order chi connectivity index (χ0) is 19.0. The molecule has 1 aliphatic heterocycles. The molecule has 1 amide bonds. The van der Waals surface area contributed by atoms with E-state index in [1.807, 2.05) is 49.4 Å². The summed E-state index contributed by atoms with van der Waals surface area (Å²) in [6.45, 7) is 3.60. The van der Waals surface area contributed by atoms with Gasteiger partial charge in [-0.05, 0) is 44.0 Å². The molecular weight excluding hydrogens is 344 g/mol. The van der Waals surface area contributed by atoms with Gasteiger partial charge in [-0.1, -0.05) is 35.5 Å². The molecule has 2 aromatic carbocycles. The van der Waals surface area contributed by atoms with E-state index in [2.05, 4.69) is 5.16 Å². The summed E-state index contributed by atoms with van der Waals surface area (Å²) < 4.78 is 10.6. The van der Waals surface area contributed by atoms with Gasteiger partial charge in [-0.3, -0.25) is 9.59 Å². The maximum Gasteiger partial charge on any atom is 0.312 e. The Morgan fingerprint density at radius 2 is 1.96 bits per heavy atom. The molecule has 2 atom stereocenters. The number of aromatic nitrogens is 1. The average molecular weight is 364 g/mol. The Bertz CT molecular complexity index is 1010. The Kier molecular flexibility index (Phi) is 4.39. The van der Waals surface area contributed by atoms with Crippen LogP contribution in [0.2, 0.25) is 0 Å². The Labute approximate surface area is 156 Å². The van der Waals surface area contributed by atoms with Crippen LogP contribution in [0.4, 0.5) is 5.69 Å². The van der Waals surface area contributed by atoms with Crippen molar-refractivity contribution < 1.29 is 18.8 Å². The van der Waals surface area contributed by atoms with Crippen molar-refractivity contribution >= 4 is 28.5 Å². The van der Waals surface area contributed by atoms with Crippen molar-refractivity contribution in [2.45, 2.75) is 38.8 Å². The van der Waals surface area contributed by atoms with Crippen LogP contribution in [0.15, 0.2) is 53.1 Å². The van der Waals surface area contributed by atoms with Gasteiger partial charge in [0.2, 0.25) is 0 Å². The maximum absolute atomic E-state index is 12.9. The van der Waals surface area contributed by atoms with Crippen LogP contribution in [0.3, 0.4) is 0 Å². The monoisotopic (exact) mass is 364 g/mol. The van der Waals surface area contributed by atoms with Crippen molar-refractivity contribution in [1.29, 1.82) is 0 Å². The van der Waals surface area contributed by atoms with Gasteiger partial charge in [-0.25, -0.2) is 0 Å². The molecule has 27 heavy (non-hydrogen) atoms. The van der Waals surface area contributed by atoms with Crippen molar-refractivity contribution in [3.05, 3.63) is 59.8 Å². The van der Waals surface area contributed by atoms with Crippen molar-refractivity contribution in [2.24, 2.45) is 0 Å². The highest BCUT2D eigenvalue weighted by molar-refractivity contribution is 5.99. The third-order valence-corrected chi connectivity index (χ3v) is 4.86. The van der Waals surface area contributed by atoms with Crippen LogP contribution in [0.25, 0.3) is 11.0 Å². The number of amides is 1. The molecule has 138 valence electrons. The lowest BCUT2D eigenvalue weighted by Gasteiger charge is -2.25. The molecule has 0 radical (unpaired) electrons. The number of benzene rings is 2. The third kappa shape index (κ3) is 3.18. The molecule has 6 heteroatoms. The zero-order valence-corrected chi connectivity index (χ0v) is 15.2. The number of fused-ring (bicyclic) bond motifs is 2. The summed E-state index contributed by atoms with van der Waals surface area (Å²) >= 11 is 0. The minimum atomic E-state index is -0.871. The number of nitrogens with zero attached hydrogens (tertiary/aromatic N) is 2. The SMILES string of the molecule is C[C@H](OC(=O)Cc1noc2ccccc12)C(=O)N1c2ccccc2C[C@@H]1C. The molecule has 0 aliphatic carbocycles. The average Bonchev–Trinajstić information content (AvgIpc) is 3.21. The molecule has 6 nitrogen and oxygen atoms in total. The normalized spacial score (nSPS) is 17.0. The number of carbonyl (C=O) groups is 2. The van der Waals surface area contributed by atoms with Gasteiger partial charge in [0.15, 0.2) is 11.7 Å². The predicted molar refractivity (Wildman–Crippen MR) is 100 cm³/mol. The van der Waals surface area contributed by atoms with E-state index in [9.17, 15) is 9.59 Å². The fourth-order valence-corrected chi connectivity index (χ4v) is 3.59. The highest BCUT2D eigenvalue weighted by atomic mass is 16.5. The molecule has 2 heterocycles. The summed E-state index contributed by atoms with van der Waals surface area (Å²) in [5.74, 6) is -0.721. The largest absolute Gasteiger partial charge is 0.452 e. The summed E-state index contributed by atoms with van der Waals surface area (Å²) in [6.07, 6.45) is -0.113. The third-order valence-electron chi connectivity index (χ3n) is 4.86. The van der Waals surface area contributed by atoms with Gasteiger partial charge in [0.25, 0.3) is 5.91 Å². The van der Waals surface area contributed by atoms with E-state index >= 15 is 0 Å². The van der Waals surface area contributed by atoms with E-state index in [4.69, 9.17) is 9.26 Å². The van der Waals surface area contributed by atoms with E-state index in [-0.39, 0.29) is 18.4 Å². The van der Waals surface area contributed by atoms with Gasteiger partial charge >= 0.3 is 5.97 Å². The minimum Gasteiger partial charge on any atom is -0.452 e. The van der Waals surface area contributed by atoms with Gasteiger partial charge in [-0.15, -0.1) is 0 Å². The summed E-state index contributed by atoms with van der Waals surface area (Å²) in [7, 11) is 0. The molecule has 0 unspecified atom stereocenters. The molecule has 3 aromatic rings. The number of anilines is 1. The quantitative estimate of drug-likeness (QED) is 0.664. The number of para-hydroxylation sites is 2. The highest BCUT2D eigenvalue weighted by Gasteiger charge is 2.34. The molecule has 4 rings (SSSR count). The first-order valence-electron chi connectivity index (χ1n) is 8.98. The van der Waals surface area contributed by atoms with Crippen LogP contribution < -0.4 is 4.90 Å². The molecule has 0 bridgehead atoms. The molecule has 1 aliphatic rings. The number of ether oxygens (including phenoxy) is 1. The molecule has 0 N–H and O–H groups in total. The molecule has 0 fully saturated rings. The number of rotatable bonds is 4.